The van der Waals surface area contributed by atoms with Crippen molar-refractivity contribution < 1.29 is 13.9 Å². The number of aromatic nitrogens is 3. The van der Waals surface area contributed by atoms with E-state index in [1.165, 1.54) is 23.5 Å². The quantitative estimate of drug-likeness (QED) is 0.243. The minimum absolute atomic E-state index is 0.0432. The van der Waals surface area contributed by atoms with E-state index in [4.69, 9.17) is 9.72 Å². The lowest BCUT2D eigenvalue weighted by molar-refractivity contribution is 0.0689. The van der Waals surface area contributed by atoms with Gasteiger partial charge in [-0.25, -0.2) is 14.2 Å². The summed E-state index contributed by atoms with van der Waals surface area (Å²) >= 11 is 1.47. The number of methoxy groups -OCH3 is 1. The molecule has 0 radical (unpaired) electrons. The molecule has 1 aliphatic rings. The molecule has 42 heavy (non-hydrogen) atoms. The number of piperidine rings is 1. The Labute approximate surface area is 247 Å². The second kappa shape index (κ2) is 12.3. The second-order valence-corrected chi connectivity index (χ2v) is 11.5. The molecule has 216 valence electrons. The molecule has 0 unspecified atom stereocenters. The zero-order chi connectivity index (χ0) is 29.1. The number of hydrogen-bond donors (Lipinski definition) is 1. The van der Waals surface area contributed by atoms with Crippen LogP contribution in [0.5, 0.6) is 5.75 Å². The van der Waals surface area contributed by atoms with E-state index < -0.39 is 0 Å². The van der Waals surface area contributed by atoms with Gasteiger partial charge in [0, 0.05) is 37.6 Å². The van der Waals surface area contributed by atoms with Gasteiger partial charge >= 0.3 is 5.69 Å². The van der Waals surface area contributed by atoms with Gasteiger partial charge in [0.2, 0.25) is 0 Å². The fourth-order valence-corrected chi connectivity index (χ4v) is 6.41. The van der Waals surface area contributed by atoms with Gasteiger partial charge in [-0.15, -0.1) is 11.3 Å². The molecule has 1 aliphatic heterocycles. The lowest BCUT2D eigenvalue weighted by Crippen LogP contribution is -2.40. The average Bonchev–Trinajstić information content (AvgIpc) is 3.62. The van der Waals surface area contributed by atoms with Crippen LogP contribution in [-0.2, 0) is 19.6 Å². The molecule has 2 aromatic heterocycles. The molecule has 1 fully saturated rings. The number of hydrogen-bond acceptors (Lipinski definition) is 6. The normalized spacial score (nSPS) is 14.1. The first kappa shape index (κ1) is 27.9. The van der Waals surface area contributed by atoms with Crippen molar-refractivity contribution in [1.29, 1.82) is 0 Å². The van der Waals surface area contributed by atoms with Crippen LogP contribution in [0.25, 0.3) is 11.0 Å². The van der Waals surface area contributed by atoms with E-state index in [0.29, 0.717) is 51.3 Å². The number of nitrogens with one attached hydrogen (secondary N) is 1. The van der Waals surface area contributed by atoms with Crippen LogP contribution >= 0.6 is 11.3 Å². The number of aromatic amines is 1. The Hall–Kier alpha value is -4.28. The number of fused-ring (bicyclic) bond motifs is 1. The molecule has 5 aromatic rings. The average molecular weight is 586 g/mol. The molecule has 0 bridgehead atoms. The van der Waals surface area contributed by atoms with Gasteiger partial charge < -0.3 is 14.6 Å². The smallest absolute Gasteiger partial charge is 0.326 e. The summed E-state index contributed by atoms with van der Waals surface area (Å²) in [4.78, 5) is 37.7. The molecule has 0 saturated carbocycles. The third-order valence-electron chi connectivity index (χ3n) is 7.76. The Morgan fingerprint density at radius 2 is 1.67 bits per heavy atom. The molecule has 0 aliphatic carbocycles. The Kier molecular flexibility index (Phi) is 8.16. The molecule has 8 nitrogen and oxygen atoms in total. The number of halogens is 1. The van der Waals surface area contributed by atoms with Crippen molar-refractivity contribution in [2.75, 3.05) is 20.2 Å². The largest absolute Gasteiger partial charge is 0.497 e. The number of benzene rings is 3. The molecule has 1 N–H and O–H groups in total. The summed E-state index contributed by atoms with van der Waals surface area (Å²) < 4.78 is 20.6. The number of carbonyl (C=O) groups excluding carboxylic acids is 1. The number of likely N-dealkylation sites (tertiary alicyclic amines) is 1. The van der Waals surface area contributed by atoms with E-state index >= 15 is 0 Å². The van der Waals surface area contributed by atoms with Gasteiger partial charge in [0.25, 0.3) is 5.91 Å². The number of H-pyrrole nitrogens is 1. The van der Waals surface area contributed by atoms with Crippen LogP contribution in [-0.4, -0.2) is 50.4 Å². The topological polar surface area (TPSA) is 83.5 Å². The molecular weight excluding hydrogens is 553 g/mol. The number of imidazole rings is 1. The number of thiazole rings is 1. The maximum atomic E-state index is 13.5. The maximum Gasteiger partial charge on any atom is 0.326 e. The fourth-order valence-electron chi connectivity index (χ4n) is 5.60. The van der Waals surface area contributed by atoms with E-state index in [1.54, 1.807) is 19.2 Å². The van der Waals surface area contributed by atoms with Crippen LogP contribution < -0.4 is 10.4 Å². The van der Waals surface area contributed by atoms with Crippen LogP contribution in [0.4, 0.5) is 4.39 Å². The lowest BCUT2D eigenvalue weighted by Gasteiger charge is -2.32. The van der Waals surface area contributed by atoms with Crippen molar-refractivity contribution in [2.45, 2.75) is 38.5 Å². The van der Waals surface area contributed by atoms with Gasteiger partial charge in [-0.05, 0) is 60.4 Å². The summed E-state index contributed by atoms with van der Waals surface area (Å²) in [5.74, 6) is 0.452. The first-order valence-electron chi connectivity index (χ1n) is 14.0. The highest BCUT2D eigenvalue weighted by Gasteiger charge is 2.28. The van der Waals surface area contributed by atoms with Crippen molar-refractivity contribution in [3.63, 3.8) is 0 Å². The fraction of sp³-hybridized carbons (Fsp3) is 0.281. The Balaban J connectivity index is 1.12. The number of nitrogens with zero attached hydrogens (tertiary/aromatic N) is 4. The summed E-state index contributed by atoms with van der Waals surface area (Å²) in [5.41, 5.74) is 4.18. The minimum atomic E-state index is -0.263. The number of rotatable bonds is 9. The first-order chi connectivity index (χ1) is 20.5. The number of carbonyl (C=O) groups is 1. The van der Waals surface area contributed by atoms with Gasteiger partial charge in [0.15, 0.2) is 0 Å². The predicted octanol–water partition coefficient (Wildman–Crippen LogP) is 5.61. The third kappa shape index (κ3) is 6.14. The number of para-hydroxylation sites is 2. The molecule has 6 rings (SSSR count). The van der Waals surface area contributed by atoms with Crippen LogP contribution in [0, 0.1) is 5.82 Å². The van der Waals surface area contributed by atoms with E-state index in [-0.39, 0.29) is 23.5 Å². The third-order valence-corrected chi connectivity index (χ3v) is 8.59. The maximum absolute atomic E-state index is 13.5. The van der Waals surface area contributed by atoms with Crippen molar-refractivity contribution in [3.8, 4) is 5.75 Å². The second-order valence-electron chi connectivity index (χ2n) is 10.6. The summed E-state index contributed by atoms with van der Waals surface area (Å²) in [6.07, 6.45) is 1.41. The molecule has 1 amide bonds. The highest BCUT2D eigenvalue weighted by atomic mass is 32.1. The summed E-state index contributed by atoms with van der Waals surface area (Å²) in [6, 6.07) is 22.2. The van der Waals surface area contributed by atoms with Gasteiger partial charge in [0.1, 0.15) is 22.3 Å². The number of amides is 1. The van der Waals surface area contributed by atoms with E-state index in [9.17, 15) is 14.0 Å². The summed E-state index contributed by atoms with van der Waals surface area (Å²) in [5, 5.41) is 2.67. The van der Waals surface area contributed by atoms with Crippen LogP contribution in [0.15, 0.2) is 83.0 Å². The first-order valence-corrected chi connectivity index (χ1v) is 14.9. The van der Waals surface area contributed by atoms with Crippen molar-refractivity contribution in [3.05, 3.63) is 116 Å². The van der Waals surface area contributed by atoms with Gasteiger partial charge in [-0.3, -0.25) is 14.3 Å². The molecule has 1 saturated heterocycles. The summed E-state index contributed by atoms with van der Waals surface area (Å²) in [6.45, 7) is 2.95. The van der Waals surface area contributed by atoms with Crippen molar-refractivity contribution >= 4 is 28.3 Å². The Morgan fingerprint density at radius 1 is 1.00 bits per heavy atom. The van der Waals surface area contributed by atoms with Gasteiger partial charge in [0.05, 0.1) is 24.7 Å². The SMILES string of the molecule is COc1ccc(CN(Cc2ccc(F)cc2)Cc2nc(C(=O)N3CCC(n4c(=O)[nH]c5ccccc54)CC3)cs2)cc1. The van der Waals surface area contributed by atoms with Crippen LogP contribution in [0.1, 0.15) is 45.5 Å². The van der Waals surface area contributed by atoms with E-state index in [1.807, 2.05) is 63.4 Å². The minimum Gasteiger partial charge on any atom is -0.497 e. The zero-order valence-electron chi connectivity index (χ0n) is 23.3. The monoisotopic (exact) mass is 585 g/mol. The van der Waals surface area contributed by atoms with E-state index in [0.717, 1.165) is 32.9 Å². The standard InChI is InChI=1S/C32H32FN5O3S/c1-41-26-12-8-23(9-13-26)19-36(18-22-6-10-24(33)11-7-22)20-30-34-28(21-42-30)31(39)37-16-14-25(15-17-37)38-29-5-3-2-4-27(29)35-32(38)40/h2-13,21,25H,14-20H2,1H3,(H,35,40). The van der Waals surface area contributed by atoms with Crippen LogP contribution in [0.2, 0.25) is 0 Å². The molecule has 3 heterocycles. The Morgan fingerprint density at radius 3 is 2.36 bits per heavy atom. The molecule has 10 heteroatoms. The molecular formula is C32H32FN5O3S. The van der Waals surface area contributed by atoms with Gasteiger partial charge in [-0.2, -0.15) is 0 Å². The van der Waals surface area contributed by atoms with Crippen molar-refractivity contribution in [2.24, 2.45) is 0 Å². The van der Waals surface area contributed by atoms with Crippen LogP contribution in [0.3, 0.4) is 0 Å². The van der Waals surface area contributed by atoms with Gasteiger partial charge in [-0.1, -0.05) is 36.4 Å². The lowest BCUT2D eigenvalue weighted by atomic mass is 10.0. The predicted molar refractivity (Wildman–Crippen MR) is 161 cm³/mol. The molecule has 0 spiro atoms. The molecule has 3 aromatic carbocycles. The molecule has 0 atom stereocenters. The van der Waals surface area contributed by atoms with E-state index in [2.05, 4.69) is 9.88 Å². The summed E-state index contributed by atoms with van der Waals surface area (Å²) in [7, 11) is 1.64. The highest BCUT2D eigenvalue weighted by Crippen LogP contribution is 2.26. The Bertz CT molecular complexity index is 1720. The van der Waals surface area contributed by atoms with Crippen molar-refractivity contribution in [1.82, 2.24) is 24.3 Å². The highest BCUT2D eigenvalue weighted by molar-refractivity contribution is 7.09. The number of ether oxygens (including phenoxy) is 1. The zero-order valence-corrected chi connectivity index (χ0v) is 24.1.